The van der Waals surface area contributed by atoms with Crippen LogP contribution in [0.5, 0.6) is 0 Å². The highest BCUT2D eigenvalue weighted by atomic mass is 35.5. The molecule has 7 heteroatoms. The van der Waals surface area contributed by atoms with Gasteiger partial charge in [0.25, 0.3) is 0 Å². The summed E-state index contributed by atoms with van der Waals surface area (Å²) in [5, 5.41) is 3.37. The molecule has 0 aliphatic heterocycles. The van der Waals surface area contributed by atoms with Crippen molar-refractivity contribution in [3.63, 3.8) is 0 Å². The molecule has 27 heavy (non-hydrogen) atoms. The Morgan fingerprint density at radius 3 is 2.30 bits per heavy atom. The molecule has 0 saturated carbocycles. The molecule has 0 aliphatic carbocycles. The summed E-state index contributed by atoms with van der Waals surface area (Å²) >= 11 is 5.89. The van der Waals surface area contributed by atoms with Gasteiger partial charge in [0.2, 0.25) is 15.9 Å². The first-order chi connectivity index (χ1) is 12.8. The molecular weight excluding hydrogens is 384 g/mol. The Morgan fingerprint density at radius 1 is 1.11 bits per heavy atom. The smallest absolute Gasteiger partial charge is 0.243 e. The van der Waals surface area contributed by atoms with Gasteiger partial charge in [-0.2, -0.15) is 0 Å². The van der Waals surface area contributed by atoms with E-state index >= 15 is 0 Å². The molecule has 0 aliphatic rings. The Kier molecular flexibility index (Phi) is 7.68. The van der Waals surface area contributed by atoms with E-state index in [0.717, 1.165) is 23.4 Å². The van der Waals surface area contributed by atoms with E-state index in [-0.39, 0.29) is 5.91 Å². The molecular formula is C20H25ClN2O3S. The molecule has 0 aromatic heterocycles. The summed E-state index contributed by atoms with van der Waals surface area (Å²) in [5.74, 6) is -0.300. The number of benzene rings is 2. The quantitative estimate of drug-likeness (QED) is 0.644. The summed E-state index contributed by atoms with van der Waals surface area (Å²) in [4.78, 5) is 12.7. The number of anilines is 1. The lowest BCUT2D eigenvalue weighted by molar-refractivity contribution is -0.122. The molecule has 0 radical (unpaired) electrons. The van der Waals surface area contributed by atoms with E-state index in [1.807, 2.05) is 30.3 Å². The molecule has 2 aromatic carbocycles. The van der Waals surface area contributed by atoms with Gasteiger partial charge in [-0.25, -0.2) is 8.42 Å². The van der Waals surface area contributed by atoms with Gasteiger partial charge in [-0.15, -0.1) is 0 Å². The first kappa shape index (κ1) is 21.3. The number of rotatable bonds is 9. The molecule has 2 rings (SSSR count). The summed E-state index contributed by atoms with van der Waals surface area (Å²) in [6.45, 7) is 2.28. The van der Waals surface area contributed by atoms with Crippen molar-refractivity contribution in [1.29, 1.82) is 0 Å². The second-order valence-corrected chi connectivity index (χ2v) is 8.64. The first-order valence-electron chi connectivity index (χ1n) is 8.89. The van der Waals surface area contributed by atoms with Crippen molar-refractivity contribution in [3.05, 3.63) is 65.2 Å². The van der Waals surface area contributed by atoms with Crippen LogP contribution in [0.1, 0.15) is 25.3 Å². The van der Waals surface area contributed by atoms with Gasteiger partial charge in [0.05, 0.1) is 11.9 Å². The van der Waals surface area contributed by atoms with Crippen LogP contribution in [0.15, 0.2) is 54.6 Å². The van der Waals surface area contributed by atoms with Crippen molar-refractivity contribution in [2.75, 3.05) is 17.1 Å². The Bertz CT molecular complexity index is 839. The van der Waals surface area contributed by atoms with E-state index in [9.17, 15) is 13.2 Å². The van der Waals surface area contributed by atoms with Crippen LogP contribution in [-0.4, -0.2) is 33.2 Å². The van der Waals surface area contributed by atoms with E-state index in [1.165, 1.54) is 5.56 Å². The summed E-state index contributed by atoms with van der Waals surface area (Å²) in [7, 11) is -3.63. The lowest BCUT2D eigenvalue weighted by Crippen LogP contribution is -2.49. The van der Waals surface area contributed by atoms with Crippen molar-refractivity contribution >= 4 is 33.2 Å². The second kappa shape index (κ2) is 9.76. The minimum atomic E-state index is -3.63. The van der Waals surface area contributed by atoms with Crippen molar-refractivity contribution in [1.82, 2.24) is 5.32 Å². The van der Waals surface area contributed by atoms with Crippen LogP contribution in [0.2, 0.25) is 5.02 Å². The largest absolute Gasteiger partial charge is 0.354 e. The number of hydrogen-bond donors (Lipinski definition) is 1. The summed E-state index contributed by atoms with van der Waals surface area (Å²) in [5.41, 5.74) is 1.63. The normalized spacial score (nSPS) is 12.4. The van der Waals surface area contributed by atoms with Gasteiger partial charge >= 0.3 is 0 Å². The lowest BCUT2D eigenvalue weighted by atomic mass is 10.1. The van der Waals surface area contributed by atoms with Gasteiger partial charge in [0.15, 0.2) is 0 Å². The van der Waals surface area contributed by atoms with Crippen molar-refractivity contribution in [3.8, 4) is 0 Å². The van der Waals surface area contributed by atoms with E-state index in [2.05, 4.69) is 5.32 Å². The van der Waals surface area contributed by atoms with E-state index in [1.54, 1.807) is 31.2 Å². The third-order valence-corrected chi connectivity index (χ3v) is 5.63. The number of nitrogens with one attached hydrogen (secondary N) is 1. The number of aryl methyl sites for hydroxylation is 1. The van der Waals surface area contributed by atoms with Crippen LogP contribution in [0.4, 0.5) is 5.69 Å². The SMILES string of the molecule is CC[C@H](C(=O)NCCCc1ccccc1)N(c1ccc(Cl)cc1)S(C)(=O)=O. The minimum Gasteiger partial charge on any atom is -0.354 e. The zero-order valence-electron chi connectivity index (χ0n) is 15.6. The number of amides is 1. The van der Waals surface area contributed by atoms with E-state index in [4.69, 9.17) is 11.6 Å². The predicted octanol–water partition coefficient (Wildman–Crippen LogP) is 3.63. The summed E-state index contributed by atoms with van der Waals surface area (Å²) in [6, 6.07) is 15.6. The molecule has 1 amide bonds. The molecule has 0 unspecified atom stereocenters. The minimum absolute atomic E-state index is 0.300. The molecule has 5 nitrogen and oxygen atoms in total. The Hall–Kier alpha value is -2.05. The van der Waals surface area contributed by atoms with Gasteiger partial charge in [0.1, 0.15) is 6.04 Å². The third kappa shape index (κ3) is 6.26. The summed E-state index contributed by atoms with van der Waals surface area (Å²) < 4.78 is 25.9. The average Bonchev–Trinajstić information content (AvgIpc) is 2.64. The lowest BCUT2D eigenvalue weighted by Gasteiger charge is -2.30. The van der Waals surface area contributed by atoms with Gasteiger partial charge in [-0.05, 0) is 49.1 Å². The van der Waals surface area contributed by atoms with Crippen LogP contribution in [0.3, 0.4) is 0 Å². The van der Waals surface area contributed by atoms with Crippen LogP contribution in [-0.2, 0) is 21.2 Å². The second-order valence-electron chi connectivity index (χ2n) is 6.34. The van der Waals surface area contributed by atoms with Crippen molar-refractivity contribution in [2.24, 2.45) is 0 Å². The number of halogens is 1. The number of hydrogen-bond acceptors (Lipinski definition) is 3. The monoisotopic (exact) mass is 408 g/mol. The average molecular weight is 409 g/mol. The maximum absolute atomic E-state index is 12.7. The summed E-state index contributed by atoms with van der Waals surface area (Å²) in [6.07, 6.45) is 3.10. The molecule has 2 aromatic rings. The van der Waals surface area contributed by atoms with Gasteiger partial charge in [0, 0.05) is 11.6 Å². The Balaban J connectivity index is 2.04. The zero-order valence-corrected chi connectivity index (χ0v) is 17.1. The maximum Gasteiger partial charge on any atom is 0.243 e. The zero-order chi connectivity index (χ0) is 19.9. The van der Waals surface area contributed by atoms with E-state index in [0.29, 0.717) is 23.7 Å². The topological polar surface area (TPSA) is 66.5 Å². The standard InChI is InChI=1S/C20H25ClN2O3S/c1-3-19(20(24)22-15-7-10-16-8-5-4-6-9-16)23(27(2,25)26)18-13-11-17(21)12-14-18/h4-6,8-9,11-14,19H,3,7,10,15H2,1-2H3,(H,22,24)/t19-/m1/s1. The Labute approximate surface area is 166 Å². The fraction of sp³-hybridized carbons (Fsp3) is 0.350. The van der Waals surface area contributed by atoms with Crippen LogP contribution >= 0.6 is 11.6 Å². The van der Waals surface area contributed by atoms with Gasteiger partial charge < -0.3 is 5.32 Å². The van der Waals surface area contributed by atoms with Gasteiger partial charge in [-0.3, -0.25) is 9.10 Å². The molecule has 146 valence electrons. The van der Waals surface area contributed by atoms with Crippen LogP contribution in [0, 0.1) is 0 Å². The molecule has 0 saturated heterocycles. The first-order valence-corrected chi connectivity index (χ1v) is 11.1. The Morgan fingerprint density at radius 2 is 1.74 bits per heavy atom. The van der Waals surface area contributed by atoms with Crippen LogP contribution in [0.25, 0.3) is 0 Å². The molecule has 0 spiro atoms. The maximum atomic E-state index is 12.7. The van der Waals surface area contributed by atoms with Crippen LogP contribution < -0.4 is 9.62 Å². The molecule has 1 atom stereocenters. The fourth-order valence-corrected chi connectivity index (χ4v) is 4.25. The number of carbonyl (C=O) groups is 1. The number of sulfonamides is 1. The number of nitrogens with zero attached hydrogens (tertiary/aromatic N) is 1. The highest BCUT2D eigenvalue weighted by Crippen LogP contribution is 2.24. The number of carbonyl (C=O) groups excluding carboxylic acids is 1. The molecule has 0 fully saturated rings. The van der Waals surface area contributed by atoms with Crippen molar-refractivity contribution < 1.29 is 13.2 Å². The van der Waals surface area contributed by atoms with Crippen molar-refractivity contribution in [2.45, 2.75) is 32.2 Å². The third-order valence-electron chi connectivity index (χ3n) is 4.20. The molecule has 0 heterocycles. The molecule has 1 N–H and O–H groups in total. The highest BCUT2D eigenvalue weighted by Gasteiger charge is 2.31. The fourth-order valence-electron chi connectivity index (χ4n) is 2.91. The predicted molar refractivity (Wildman–Crippen MR) is 111 cm³/mol. The highest BCUT2D eigenvalue weighted by molar-refractivity contribution is 7.92. The molecule has 0 bridgehead atoms. The van der Waals surface area contributed by atoms with E-state index < -0.39 is 16.1 Å². The van der Waals surface area contributed by atoms with Gasteiger partial charge in [-0.1, -0.05) is 48.9 Å².